The molecule has 3 nitrogen and oxygen atoms in total. The van der Waals surface area contributed by atoms with Crippen LogP contribution in [0.1, 0.15) is 6.92 Å². The van der Waals surface area contributed by atoms with Gasteiger partial charge in [-0.05, 0) is 6.92 Å². The zero-order valence-electron chi connectivity index (χ0n) is 7.75. The number of halogens is 2. The lowest BCUT2D eigenvalue weighted by molar-refractivity contribution is -0.0521. The molecule has 13 heavy (non-hydrogen) atoms. The average molecular weight is 194 g/mol. The SMILES string of the molecule is CC(N)C1CN(CC(F)F)CCO1. The van der Waals surface area contributed by atoms with Gasteiger partial charge in [-0.15, -0.1) is 0 Å². The van der Waals surface area contributed by atoms with E-state index >= 15 is 0 Å². The molecule has 1 aliphatic rings. The van der Waals surface area contributed by atoms with Crippen molar-refractivity contribution < 1.29 is 13.5 Å². The molecule has 0 aromatic carbocycles. The molecule has 0 aromatic rings. The van der Waals surface area contributed by atoms with E-state index in [4.69, 9.17) is 10.5 Å². The van der Waals surface area contributed by atoms with Crippen molar-refractivity contribution in [1.82, 2.24) is 4.90 Å². The number of rotatable bonds is 3. The summed E-state index contributed by atoms with van der Waals surface area (Å²) in [5.41, 5.74) is 5.62. The van der Waals surface area contributed by atoms with Crippen molar-refractivity contribution in [1.29, 1.82) is 0 Å². The molecule has 1 saturated heterocycles. The minimum Gasteiger partial charge on any atom is -0.374 e. The van der Waals surface area contributed by atoms with E-state index in [0.29, 0.717) is 19.7 Å². The highest BCUT2D eigenvalue weighted by Gasteiger charge is 2.24. The Balaban J connectivity index is 2.33. The fourth-order valence-electron chi connectivity index (χ4n) is 1.41. The third-order valence-electron chi connectivity index (χ3n) is 2.16. The highest BCUT2D eigenvalue weighted by molar-refractivity contribution is 4.77. The molecule has 0 spiro atoms. The number of alkyl halides is 2. The Bertz CT molecular complexity index is 155. The normalized spacial score (nSPS) is 27.9. The van der Waals surface area contributed by atoms with Gasteiger partial charge in [-0.1, -0.05) is 0 Å². The number of hydrogen-bond donors (Lipinski definition) is 1. The standard InChI is InChI=1S/C8H16F2N2O/c1-6(11)7-4-12(2-3-13-7)5-8(9)10/h6-8H,2-5,11H2,1H3. The summed E-state index contributed by atoms with van der Waals surface area (Å²) in [6, 6.07) is -0.0968. The van der Waals surface area contributed by atoms with E-state index in [1.54, 1.807) is 4.90 Å². The van der Waals surface area contributed by atoms with Gasteiger partial charge in [0.05, 0.1) is 19.3 Å². The van der Waals surface area contributed by atoms with Crippen LogP contribution in [0.5, 0.6) is 0 Å². The number of nitrogens with zero attached hydrogens (tertiary/aromatic N) is 1. The van der Waals surface area contributed by atoms with E-state index in [0.717, 1.165) is 0 Å². The quantitative estimate of drug-likeness (QED) is 0.702. The van der Waals surface area contributed by atoms with Crippen LogP contribution in [0.3, 0.4) is 0 Å². The van der Waals surface area contributed by atoms with Gasteiger partial charge in [0.15, 0.2) is 0 Å². The molecule has 1 heterocycles. The molecule has 0 radical (unpaired) electrons. The fraction of sp³-hybridized carbons (Fsp3) is 1.00. The first-order valence-electron chi connectivity index (χ1n) is 4.47. The van der Waals surface area contributed by atoms with Gasteiger partial charge in [0.25, 0.3) is 6.43 Å². The Morgan fingerprint density at radius 2 is 2.31 bits per heavy atom. The number of morpholine rings is 1. The van der Waals surface area contributed by atoms with Crippen LogP contribution in [0.2, 0.25) is 0 Å². The van der Waals surface area contributed by atoms with E-state index in [-0.39, 0.29) is 18.7 Å². The summed E-state index contributed by atoms with van der Waals surface area (Å²) >= 11 is 0. The van der Waals surface area contributed by atoms with Crippen LogP contribution in [0, 0.1) is 0 Å². The second-order valence-electron chi connectivity index (χ2n) is 3.42. The molecule has 78 valence electrons. The van der Waals surface area contributed by atoms with Crippen molar-refractivity contribution in [2.45, 2.75) is 25.5 Å². The molecule has 0 bridgehead atoms. The minimum absolute atomic E-state index is 0.0968. The Labute approximate surface area is 76.8 Å². The Kier molecular flexibility index (Phi) is 4.02. The lowest BCUT2D eigenvalue weighted by atomic mass is 10.1. The molecule has 5 heteroatoms. The first-order valence-corrected chi connectivity index (χ1v) is 4.47. The molecule has 0 aliphatic carbocycles. The predicted molar refractivity (Wildman–Crippen MR) is 45.8 cm³/mol. The van der Waals surface area contributed by atoms with Crippen LogP contribution in [0.15, 0.2) is 0 Å². The van der Waals surface area contributed by atoms with Crippen LogP contribution in [0.4, 0.5) is 8.78 Å². The maximum absolute atomic E-state index is 12.0. The average Bonchev–Trinajstić information content (AvgIpc) is 2.03. The van der Waals surface area contributed by atoms with Crippen molar-refractivity contribution in [2.24, 2.45) is 5.73 Å². The minimum atomic E-state index is -2.27. The zero-order valence-corrected chi connectivity index (χ0v) is 7.75. The van der Waals surface area contributed by atoms with Gasteiger partial charge in [0.2, 0.25) is 0 Å². The second kappa shape index (κ2) is 4.83. The van der Waals surface area contributed by atoms with Gasteiger partial charge in [-0.25, -0.2) is 8.78 Å². The van der Waals surface area contributed by atoms with Crippen LogP contribution in [-0.2, 0) is 4.74 Å². The maximum atomic E-state index is 12.0. The third-order valence-corrected chi connectivity index (χ3v) is 2.16. The first-order chi connectivity index (χ1) is 6.09. The Morgan fingerprint density at radius 1 is 1.62 bits per heavy atom. The van der Waals surface area contributed by atoms with Gasteiger partial charge in [-0.2, -0.15) is 0 Å². The van der Waals surface area contributed by atoms with Crippen LogP contribution in [-0.4, -0.2) is 49.7 Å². The molecule has 0 saturated carbocycles. The van der Waals surface area contributed by atoms with Gasteiger partial charge in [-0.3, -0.25) is 4.90 Å². The molecular formula is C8H16F2N2O. The van der Waals surface area contributed by atoms with Gasteiger partial charge >= 0.3 is 0 Å². The topological polar surface area (TPSA) is 38.5 Å². The van der Waals surface area contributed by atoms with Crippen LogP contribution in [0.25, 0.3) is 0 Å². The van der Waals surface area contributed by atoms with Crippen molar-refractivity contribution in [3.05, 3.63) is 0 Å². The van der Waals surface area contributed by atoms with Crippen molar-refractivity contribution in [2.75, 3.05) is 26.2 Å². The Morgan fingerprint density at radius 3 is 2.85 bits per heavy atom. The number of ether oxygens (including phenoxy) is 1. The molecule has 2 N–H and O–H groups in total. The molecule has 2 unspecified atom stereocenters. The van der Waals surface area contributed by atoms with Crippen LogP contribution >= 0.6 is 0 Å². The summed E-state index contributed by atoms with van der Waals surface area (Å²) in [6.07, 6.45) is -2.38. The molecule has 1 aliphatic heterocycles. The smallest absolute Gasteiger partial charge is 0.251 e. The molecule has 1 rings (SSSR count). The molecule has 0 amide bonds. The number of hydrogen-bond acceptors (Lipinski definition) is 3. The second-order valence-corrected chi connectivity index (χ2v) is 3.42. The summed E-state index contributed by atoms with van der Waals surface area (Å²) in [5, 5.41) is 0. The largest absolute Gasteiger partial charge is 0.374 e. The maximum Gasteiger partial charge on any atom is 0.251 e. The van der Waals surface area contributed by atoms with E-state index in [1.165, 1.54) is 0 Å². The van der Waals surface area contributed by atoms with Gasteiger partial charge < -0.3 is 10.5 Å². The lowest BCUT2D eigenvalue weighted by Gasteiger charge is -2.34. The van der Waals surface area contributed by atoms with Crippen LogP contribution < -0.4 is 5.73 Å². The zero-order chi connectivity index (χ0) is 9.84. The summed E-state index contributed by atoms with van der Waals surface area (Å²) in [7, 11) is 0. The Hall–Kier alpha value is -0.260. The lowest BCUT2D eigenvalue weighted by Crippen LogP contribution is -2.50. The van der Waals surface area contributed by atoms with E-state index in [2.05, 4.69) is 0 Å². The molecule has 0 aromatic heterocycles. The van der Waals surface area contributed by atoms with E-state index < -0.39 is 6.43 Å². The fourth-order valence-corrected chi connectivity index (χ4v) is 1.41. The van der Waals surface area contributed by atoms with Gasteiger partial charge in [0, 0.05) is 19.1 Å². The number of nitrogens with two attached hydrogens (primary N) is 1. The van der Waals surface area contributed by atoms with E-state index in [9.17, 15) is 8.78 Å². The molecular weight excluding hydrogens is 178 g/mol. The summed E-state index contributed by atoms with van der Waals surface area (Å²) in [4.78, 5) is 1.70. The van der Waals surface area contributed by atoms with Crippen molar-refractivity contribution in [3.63, 3.8) is 0 Å². The summed E-state index contributed by atoms with van der Waals surface area (Å²) < 4.78 is 29.4. The summed E-state index contributed by atoms with van der Waals surface area (Å²) in [5.74, 6) is 0. The first kappa shape index (κ1) is 10.8. The van der Waals surface area contributed by atoms with Crippen molar-refractivity contribution in [3.8, 4) is 0 Å². The highest BCUT2D eigenvalue weighted by Crippen LogP contribution is 2.09. The van der Waals surface area contributed by atoms with Crippen molar-refractivity contribution >= 4 is 0 Å². The van der Waals surface area contributed by atoms with E-state index in [1.807, 2.05) is 6.92 Å². The third kappa shape index (κ3) is 3.54. The summed E-state index contributed by atoms with van der Waals surface area (Å²) in [6.45, 7) is 3.25. The molecule has 2 atom stereocenters. The highest BCUT2D eigenvalue weighted by atomic mass is 19.3. The monoisotopic (exact) mass is 194 g/mol. The molecule has 1 fully saturated rings. The van der Waals surface area contributed by atoms with Gasteiger partial charge in [0.1, 0.15) is 0 Å². The predicted octanol–water partition coefficient (Wildman–Crippen LogP) is 0.300.